The maximum Gasteiger partial charge on any atom is 0.310 e. The summed E-state index contributed by atoms with van der Waals surface area (Å²) in [7, 11) is -1.11. The Labute approximate surface area is 176 Å². The van der Waals surface area contributed by atoms with Crippen molar-refractivity contribution in [3.8, 4) is 5.75 Å². The molecule has 0 aromatic heterocycles. The minimum Gasteiger partial charge on any atom is -0.495 e. The average molecular weight is 435 g/mol. The predicted octanol–water partition coefficient (Wildman–Crippen LogP) is 2.77. The van der Waals surface area contributed by atoms with Gasteiger partial charge in [0.15, 0.2) is 0 Å². The molecule has 2 rings (SSSR count). The van der Waals surface area contributed by atoms with Gasteiger partial charge in [-0.3, -0.25) is 14.3 Å². The highest BCUT2D eigenvalue weighted by Crippen LogP contribution is 2.26. The van der Waals surface area contributed by atoms with E-state index in [-0.39, 0.29) is 17.3 Å². The zero-order valence-corrected chi connectivity index (χ0v) is 18.2. The summed E-state index contributed by atoms with van der Waals surface area (Å²) < 4.78 is 37.7. The first-order chi connectivity index (χ1) is 14.2. The Balaban J connectivity index is 2.18. The number of ether oxygens (including phenoxy) is 2. The Bertz CT molecular complexity index is 989. The average Bonchev–Trinajstić information content (AvgIpc) is 2.76. The van der Waals surface area contributed by atoms with Crippen LogP contribution in [0, 0.1) is 5.92 Å². The van der Waals surface area contributed by atoms with Crippen molar-refractivity contribution in [3.05, 3.63) is 54.1 Å². The third-order valence-electron chi connectivity index (χ3n) is 4.53. The number of amides is 1. The summed E-state index contributed by atoms with van der Waals surface area (Å²) in [6, 6.07) is 12.3. The van der Waals surface area contributed by atoms with E-state index in [1.54, 1.807) is 38.1 Å². The lowest BCUT2D eigenvalue weighted by molar-refractivity contribution is -0.145. The molecule has 0 radical (unpaired) electrons. The van der Waals surface area contributed by atoms with Gasteiger partial charge in [-0.05, 0) is 43.3 Å². The number of hydrogen-bond donors (Lipinski definition) is 1. The van der Waals surface area contributed by atoms with Crippen LogP contribution in [0.5, 0.6) is 5.75 Å². The number of methoxy groups -OCH3 is 2. The standard InChI is InChI=1S/C21H26N2O6S/c1-5-23(14-15(2)21(25)29-4)20(24)16-10-12-17(13-11-16)30(26,27)22-18-8-6-7-9-19(18)28-3/h6-13,15,22H,5,14H2,1-4H3. The summed E-state index contributed by atoms with van der Waals surface area (Å²) in [4.78, 5) is 25.9. The molecule has 8 nitrogen and oxygen atoms in total. The fraction of sp³-hybridized carbons (Fsp3) is 0.333. The van der Waals surface area contributed by atoms with Crippen molar-refractivity contribution < 1.29 is 27.5 Å². The summed E-state index contributed by atoms with van der Waals surface area (Å²) in [5.41, 5.74) is 0.638. The van der Waals surface area contributed by atoms with Crippen LogP contribution in [0.4, 0.5) is 5.69 Å². The number of sulfonamides is 1. The molecule has 0 fully saturated rings. The molecule has 1 atom stereocenters. The van der Waals surface area contributed by atoms with Gasteiger partial charge in [-0.25, -0.2) is 8.42 Å². The fourth-order valence-electron chi connectivity index (χ4n) is 2.85. The molecule has 0 heterocycles. The van der Waals surface area contributed by atoms with E-state index in [4.69, 9.17) is 9.47 Å². The highest BCUT2D eigenvalue weighted by Gasteiger charge is 2.22. The van der Waals surface area contributed by atoms with E-state index in [2.05, 4.69) is 4.72 Å². The Morgan fingerprint density at radius 1 is 1.07 bits per heavy atom. The molecule has 1 N–H and O–H groups in total. The van der Waals surface area contributed by atoms with E-state index in [0.717, 1.165) is 0 Å². The number of carbonyl (C=O) groups is 2. The van der Waals surface area contributed by atoms with Gasteiger partial charge in [0.25, 0.3) is 15.9 Å². The second-order valence-corrected chi connectivity index (χ2v) is 8.28. The molecule has 1 amide bonds. The highest BCUT2D eigenvalue weighted by atomic mass is 32.2. The van der Waals surface area contributed by atoms with Crippen LogP contribution >= 0.6 is 0 Å². The number of carbonyl (C=O) groups excluding carboxylic acids is 2. The topological polar surface area (TPSA) is 102 Å². The lowest BCUT2D eigenvalue weighted by Gasteiger charge is -2.23. The van der Waals surface area contributed by atoms with Crippen molar-refractivity contribution in [1.29, 1.82) is 0 Å². The van der Waals surface area contributed by atoms with Crippen molar-refractivity contribution in [2.24, 2.45) is 5.92 Å². The van der Waals surface area contributed by atoms with E-state index < -0.39 is 21.9 Å². The van der Waals surface area contributed by atoms with Crippen molar-refractivity contribution in [1.82, 2.24) is 4.90 Å². The first-order valence-corrected chi connectivity index (χ1v) is 10.8. The van der Waals surface area contributed by atoms with Gasteiger partial charge in [-0.2, -0.15) is 0 Å². The van der Waals surface area contributed by atoms with Crippen LogP contribution in [-0.2, 0) is 19.6 Å². The number of nitrogens with zero attached hydrogens (tertiary/aromatic N) is 1. The summed E-state index contributed by atoms with van der Waals surface area (Å²) in [5, 5.41) is 0. The molecular weight excluding hydrogens is 408 g/mol. The fourth-order valence-corrected chi connectivity index (χ4v) is 3.92. The smallest absolute Gasteiger partial charge is 0.310 e. The largest absolute Gasteiger partial charge is 0.495 e. The molecule has 30 heavy (non-hydrogen) atoms. The molecule has 0 saturated heterocycles. The molecule has 162 valence electrons. The maximum absolute atomic E-state index is 12.8. The number of benzene rings is 2. The van der Waals surface area contributed by atoms with E-state index in [1.807, 2.05) is 0 Å². The number of nitrogens with one attached hydrogen (secondary N) is 1. The first-order valence-electron chi connectivity index (χ1n) is 9.36. The lowest BCUT2D eigenvalue weighted by atomic mass is 10.1. The molecule has 0 saturated carbocycles. The number of hydrogen-bond acceptors (Lipinski definition) is 6. The highest BCUT2D eigenvalue weighted by molar-refractivity contribution is 7.92. The number of anilines is 1. The van der Waals surface area contributed by atoms with E-state index in [0.29, 0.717) is 23.5 Å². The molecule has 0 bridgehead atoms. The maximum atomic E-state index is 12.8. The zero-order valence-electron chi connectivity index (χ0n) is 17.4. The predicted molar refractivity (Wildman–Crippen MR) is 113 cm³/mol. The Morgan fingerprint density at radius 3 is 2.27 bits per heavy atom. The minimum atomic E-state index is -3.86. The van der Waals surface area contributed by atoms with Crippen LogP contribution in [0.1, 0.15) is 24.2 Å². The summed E-state index contributed by atoms with van der Waals surface area (Å²) in [6.45, 7) is 4.09. The molecule has 2 aromatic carbocycles. The number of esters is 1. The summed E-state index contributed by atoms with van der Waals surface area (Å²) >= 11 is 0. The number of para-hydroxylation sites is 2. The van der Waals surface area contributed by atoms with Crippen LogP contribution in [0.25, 0.3) is 0 Å². The van der Waals surface area contributed by atoms with Gasteiger partial charge in [-0.1, -0.05) is 19.1 Å². The summed E-state index contributed by atoms with van der Waals surface area (Å²) in [6.07, 6.45) is 0. The van der Waals surface area contributed by atoms with Crippen molar-refractivity contribution in [3.63, 3.8) is 0 Å². The van der Waals surface area contributed by atoms with Crippen molar-refractivity contribution >= 4 is 27.6 Å². The van der Waals surface area contributed by atoms with Gasteiger partial charge >= 0.3 is 5.97 Å². The summed E-state index contributed by atoms with van der Waals surface area (Å²) in [5.74, 6) is -0.769. The van der Waals surface area contributed by atoms with E-state index >= 15 is 0 Å². The molecule has 0 aliphatic rings. The van der Waals surface area contributed by atoms with Gasteiger partial charge in [0.2, 0.25) is 0 Å². The zero-order chi connectivity index (χ0) is 22.3. The Kier molecular flexibility index (Phi) is 7.82. The van der Waals surface area contributed by atoms with Crippen LogP contribution in [0.15, 0.2) is 53.4 Å². The second-order valence-electron chi connectivity index (χ2n) is 6.60. The minimum absolute atomic E-state index is 0.0101. The normalized spacial score (nSPS) is 12.0. The van der Waals surface area contributed by atoms with Gasteiger partial charge < -0.3 is 14.4 Å². The molecule has 1 unspecified atom stereocenters. The third-order valence-corrected chi connectivity index (χ3v) is 5.91. The Morgan fingerprint density at radius 2 is 1.70 bits per heavy atom. The van der Waals surface area contributed by atoms with Gasteiger partial charge in [0, 0.05) is 18.7 Å². The van der Waals surface area contributed by atoms with Gasteiger partial charge in [0.05, 0.1) is 30.7 Å². The number of rotatable bonds is 9. The van der Waals surface area contributed by atoms with E-state index in [1.165, 1.54) is 43.4 Å². The van der Waals surface area contributed by atoms with Crippen LogP contribution in [0.3, 0.4) is 0 Å². The van der Waals surface area contributed by atoms with Crippen molar-refractivity contribution in [2.45, 2.75) is 18.7 Å². The molecule has 2 aromatic rings. The third kappa shape index (κ3) is 5.50. The van der Waals surface area contributed by atoms with Crippen LogP contribution in [0.2, 0.25) is 0 Å². The molecule has 9 heteroatoms. The van der Waals surface area contributed by atoms with Crippen LogP contribution < -0.4 is 9.46 Å². The SMILES string of the molecule is CCN(CC(C)C(=O)OC)C(=O)c1ccc(S(=O)(=O)Nc2ccccc2OC)cc1. The second kappa shape index (κ2) is 10.1. The lowest BCUT2D eigenvalue weighted by Crippen LogP contribution is -2.37. The van der Waals surface area contributed by atoms with Crippen LogP contribution in [-0.4, -0.2) is 52.5 Å². The van der Waals surface area contributed by atoms with Gasteiger partial charge in [-0.15, -0.1) is 0 Å². The molecule has 0 aliphatic heterocycles. The molecule has 0 spiro atoms. The molecular formula is C21H26N2O6S. The first kappa shape index (κ1) is 23.2. The van der Waals surface area contributed by atoms with E-state index in [9.17, 15) is 18.0 Å². The molecule has 0 aliphatic carbocycles. The monoisotopic (exact) mass is 434 g/mol. The Hall–Kier alpha value is -3.07. The quantitative estimate of drug-likeness (QED) is 0.609. The van der Waals surface area contributed by atoms with Crippen molar-refractivity contribution in [2.75, 3.05) is 32.0 Å². The van der Waals surface area contributed by atoms with Gasteiger partial charge in [0.1, 0.15) is 5.75 Å².